The Hall–Kier alpha value is -2.85. The highest BCUT2D eigenvalue weighted by molar-refractivity contribution is 7.89. The van der Waals surface area contributed by atoms with E-state index >= 15 is 0 Å². The lowest BCUT2D eigenvalue weighted by molar-refractivity contribution is -0.126. The third-order valence-corrected chi connectivity index (χ3v) is 7.86. The maximum absolute atomic E-state index is 13.5. The molecule has 0 saturated carbocycles. The van der Waals surface area contributed by atoms with Gasteiger partial charge in [-0.15, -0.1) is 0 Å². The molecule has 2 aliphatic rings. The van der Waals surface area contributed by atoms with Crippen molar-refractivity contribution in [3.05, 3.63) is 41.9 Å². The summed E-state index contributed by atoms with van der Waals surface area (Å²) >= 11 is 0. The summed E-state index contributed by atoms with van der Waals surface area (Å²) in [6, 6.07) is 6.60. The van der Waals surface area contributed by atoms with Gasteiger partial charge in [-0.2, -0.15) is 4.31 Å². The van der Waals surface area contributed by atoms with E-state index in [0.717, 1.165) is 0 Å². The molecule has 0 spiro atoms. The van der Waals surface area contributed by atoms with Gasteiger partial charge in [0, 0.05) is 19.2 Å². The first-order valence-electron chi connectivity index (χ1n) is 10.7. The highest BCUT2D eigenvalue weighted by Gasteiger charge is 2.35. The van der Waals surface area contributed by atoms with Crippen molar-refractivity contribution in [2.24, 2.45) is 5.92 Å². The van der Waals surface area contributed by atoms with Crippen LogP contribution in [0, 0.1) is 12.8 Å². The molecule has 0 bridgehead atoms. The average Bonchev–Trinajstić information content (AvgIpc) is 3.30. The number of hydrogen-bond donors (Lipinski definition) is 2. The SMILES string of the molecule is CC[C@@H]1Oc2cc(S(=O)(=O)N3CCC[C@H](C(=O)NCc4ccco4)C3)c(C)cc2NC1=O. The molecule has 2 N–H and O–H groups in total. The lowest BCUT2D eigenvalue weighted by atomic mass is 9.99. The number of furan rings is 1. The Morgan fingerprint density at radius 2 is 2.16 bits per heavy atom. The molecule has 2 atom stereocenters. The molecule has 1 aromatic heterocycles. The lowest BCUT2D eigenvalue weighted by Gasteiger charge is -2.32. The van der Waals surface area contributed by atoms with Gasteiger partial charge >= 0.3 is 0 Å². The van der Waals surface area contributed by atoms with E-state index in [-0.39, 0.29) is 29.8 Å². The summed E-state index contributed by atoms with van der Waals surface area (Å²) in [7, 11) is -3.85. The second-order valence-electron chi connectivity index (χ2n) is 8.12. The van der Waals surface area contributed by atoms with Gasteiger partial charge in [0.25, 0.3) is 5.91 Å². The highest BCUT2D eigenvalue weighted by atomic mass is 32.2. The molecule has 2 aliphatic heterocycles. The van der Waals surface area contributed by atoms with Crippen LogP contribution in [0.1, 0.15) is 37.5 Å². The summed E-state index contributed by atoms with van der Waals surface area (Å²) < 4.78 is 39.2. The smallest absolute Gasteiger partial charge is 0.265 e. The quantitative estimate of drug-likeness (QED) is 0.682. The fraction of sp³-hybridized carbons (Fsp3) is 0.455. The summed E-state index contributed by atoms with van der Waals surface area (Å²) in [4.78, 5) is 24.8. The van der Waals surface area contributed by atoms with Crippen molar-refractivity contribution in [3.63, 3.8) is 0 Å². The summed E-state index contributed by atoms with van der Waals surface area (Å²) in [6.07, 6.45) is 2.56. The minimum atomic E-state index is -3.85. The average molecular weight is 462 g/mol. The van der Waals surface area contributed by atoms with Gasteiger partial charge in [0.15, 0.2) is 6.10 Å². The Labute approximate surface area is 187 Å². The first kappa shape index (κ1) is 22.3. The van der Waals surface area contributed by atoms with Crippen LogP contribution in [-0.2, 0) is 26.2 Å². The van der Waals surface area contributed by atoms with E-state index < -0.39 is 22.0 Å². The molecule has 1 saturated heterocycles. The number of nitrogens with zero attached hydrogens (tertiary/aromatic N) is 1. The molecule has 3 heterocycles. The van der Waals surface area contributed by atoms with E-state index in [0.29, 0.717) is 48.6 Å². The Balaban J connectivity index is 1.51. The molecule has 2 amide bonds. The number of anilines is 1. The number of rotatable bonds is 6. The fourth-order valence-electron chi connectivity index (χ4n) is 4.08. The Morgan fingerprint density at radius 1 is 1.34 bits per heavy atom. The molecule has 172 valence electrons. The van der Waals surface area contributed by atoms with Crippen LogP contribution in [0.25, 0.3) is 0 Å². The van der Waals surface area contributed by atoms with Crippen LogP contribution >= 0.6 is 0 Å². The number of fused-ring (bicyclic) bond motifs is 1. The Morgan fingerprint density at radius 3 is 2.88 bits per heavy atom. The van der Waals surface area contributed by atoms with Crippen LogP contribution in [0.4, 0.5) is 5.69 Å². The normalized spacial score (nSPS) is 21.4. The topological polar surface area (TPSA) is 118 Å². The zero-order chi connectivity index (χ0) is 22.9. The molecule has 0 aliphatic carbocycles. The molecule has 4 rings (SSSR count). The van der Waals surface area contributed by atoms with Gasteiger partial charge in [-0.3, -0.25) is 9.59 Å². The number of carbonyl (C=O) groups excluding carboxylic acids is 2. The number of hydrogen-bond acceptors (Lipinski definition) is 6. The van der Waals surface area contributed by atoms with Crippen molar-refractivity contribution < 1.29 is 27.2 Å². The number of sulfonamides is 1. The number of benzene rings is 1. The number of ether oxygens (including phenoxy) is 1. The molecule has 0 unspecified atom stereocenters. The number of carbonyl (C=O) groups is 2. The Bertz CT molecular complexity index is 1110. The van der Waals surface area contributed by atoms with Gasteiger partial charge < -0.3 is 19.8 Å². The van der Waals surface area contributed by atoms with E-state index in [9.17, 15) is 18.0 Å². The minimum Gasteiger partial charge on any atom is -0.478 e. The van der Waals surface area contributed by atoms with E-state index in [1.165, 1.54) is 16.6 Å². The molecule has 10 heteroatoms. The third kappa shape index (κ3) is 4.37. The fourth-order valence-corrected chi connectivity index (χ4v) is 5.82. The van der Waals surface area contributed by atoms with Crippen molar-refractivity contribution in [1.29, 1.82) is 0 Å². The lowest BCUT2D eigenvalue weighted by Crippen LogP contribution is -2.45. The van der Waals surface area contributed by atoms with Crippen molar-refractivity contribution >= 4 is 27.5 Å². The zero-order valence-electron chi connectivity index (χ0n) is 18.1. The zero-order valence-corrected chi connectivity index (χ0v) is 18.9. The highest BCUT2D eigenvalue weighted by Crippen LogP contribution is 2.36. The summed E-state index contributed by atoms with van der Waals surface area (Å²) in [5.41, 5.74) is 0.969. The second-order valence-corrected chi connectivity index (χ2v) is 10.0. The maximum atomic E-state index is 13.5. The van der Waals surface area contributed by atoms with Gasteiger partial charge in [0.2, 0.25) is 15.9 Å². The first-order valence-corrected chi connectivity index (χ1v) is 12.2. The van der Waals surface area contributed by atoms with Crippen molar-refractivity contribution in [2.75, 3.05) is 18.4 Å². The third-order valence-electron chi connectivity index (χ3n) is 5.86. The van der Waals surface area contributed by atoms with Crippen molar-refractivity contribution in [3.8, 4) is 5.75 Å². The van der Waals surface area contributed by atoms with Crippen LogP contribution in [-0.4, -0.2) is 43.7 Å². The largest absolute Gasteiger partial charge is 0.478 e. The molecule has 32 heavy (non-hydrogen) atoms. The van der Waals surface area contributed by atoms with Crippen molar-refractivity contribution in [1.82, 2.24) is 9.62 Å². The monoisotopic (exact) mass is 461 g/mol. The van der Waals surface area contributed by atoms with Crippen LogP contribution in [0.2, 0.25) is 0 Å². The summed E-state index contributed by atoms with van der Waals surface area (Å²) in [5.74, 6) is 0.104. The molecule has 1 fully saturated rings. The van der Waals surface area contributed by atoms with Gasteiger partial charge in [-0.1, -0.05) is 6.92 Å². The van der Waals surface area contributed by atoms with Crippen LogP contribution in [0.3, 0.4) is 0 Å². The molecule has 2 aromatic rings. The van der Waals surface area contributed by atoms with Gasteiger partial charge in [0.05, 0.1) is 29.3 Å². The van der Waals surface area contributed by atoms with Gasteiger partial charge in [0.1, 0.15) is 11.5 Å². The van der Waals surface area contributed by atoms with E-state index in [2.05, 4.69) is 10.6 Å². The molecule has 0 radical (unpaired) electrons. The molecular weight excluding hydrogens is 434 g/mol. The van der Waals surface area contributed by atoms with Crippen LogP contribution in [0.15, 0.2) is 39.8 Å². The van der Waals surface area contributed by atoms with E-state index in [1.54, 1.807) is 25.1 Å². The number of piperidine rings is 1. The van der Waals surface area contributed by atoms with E-state index in [4.69, 9.17) is 9.15 Å². The minimum absolute atomic E-state index is 0.109. The van der Waals surface area contributed by atoms with Gasteiger partial charge in [-0.05, 0) is 49.9 Å². The molecular formula is C22H27N3O6S. The van der Waals surface area contributed by atoms with Crippen LogP contribution in [0.5, 0.6) is 5.75 Å². The molecule has 1 aromatic carbocycles. The first-order chi connectivity index (χ1) is 15.3. The second kappa shape index (κ2) is 8.95. The number of aryl methyl sites for hydroxylation is 1. The predicted molar refractivity (Wildman–Crippen MR) is 117 cm³/mol. The van der Waals surface area contributed by atoms with Crippen molar-refractivity contribution in [2.45, 2.75) is 50.7 Å². The number of amides is 2. The molecule has 9 nitrogen and oxygen atoms in total. The Kier molecular flexibility index (Phi) is 6.25. The maximum Gasteiger partial charge on any atom is 0.265 e. The predicted octanol–water partition coefficient (Wildman–Crippen LogP) is 2.41. The van der Waals surface area contributed by atoms with Crippen LogP contribution < -0.4 is 15.4 Å². The summed E-state index contributed by atoms with van der Waals surface area (Å²) in [6.45, 7) is 4.23. The standard InChI is InChI=1S/C22H27N3O6S/c1-3-18-22(27)24-17-10-14(2)20(11-19(17)31-18)32(28,29)25-8-4-6-15(13-25)21(26)23-12-16-7-5-9-30-16/h5,7,9-11,15,18H,3-4,6,8,12-13H2,1-2H3,(H,23,26)(H,24,27)/t15-,18-/m0/s1. The number of nitrogens with one attached hydrogen (secondary N) is 2. The van der Waals surface area contributed by atoms with Gasteiger partial charge in [-0.25, -0.2) is 8.42 Å². The summed E-state index contributed by atoms with van der Waals surface area (Å²) in [5, 5.41) is 5.59. The van der Waals surface area contributed by atoms with E-state index in [1.807, 2.05) is 6.92 Å².